The van der Waals surface area contributed by atoms with Crippen LogP contribution in [0.3, 0.4) is 0 Å². The molecule has 0 saturated heterocycles. The molecule has 0 radical (unpaired) electrons. The first kappa shape index (κ1) is 15.8. The van der Waals surface area contributed by atoms with Gasteiger partial charge in [0.2, 0.25) is 0 Å². The van der Waals surface area contributed by atoms with Gasteiger partial charge in [-0.3, -0.25) is 0 Å². The molecule has 6 heteroatoms. The second-order valence-electron chi connectivity index (χ2n) is 2.95. The summed E-state index contributed by atoms with van der Waals surface area (Å²) in [4.78, 5) is 0. The Morgan fingerprint density at radius 3 is 1.19 bits per heavy atom. The van der Waals surface area contributed by atoms with Crippen molar-refractivity contribution in [1.82, 2.24) is 0 Å². The van der Waals surface area contributed by atoms with Gasteiger partial charge in [-0.05, 0) is 0 Å². The van der Waals surface area contributed by atoms with Crippen LogP contribution in [0.2, 0.25) is 0 Å². The van der Waals surface area contributed by atoms with Gasteiger partial charge in [0.05, 0.1) is 26.4 Å². The van der Waals surface area contributed by atoms with Crippen molar-refractivity contribution in [3.63, 3.8) is 0 Å². The second-order valence-corrected chi connectivity index (χ2v) is 2.95. The Labute approximate surface area is 96.7 Å². The van der Waals surface area contributed by atoms with E-state index in [4.69, 9.17) is 28.4 Å². The molecule has 0 aromatic rings. The lowest BCUT2D eigenvalue weighted by Gasteiger charge is -2.15. The van der Waals surface area contributed by atoms with E-state index in [0.717, 1.165) is 0 Å². The van der Waals surface area contributed by atoms with Gasteiger partial charge in [0, 0.05) is 28.4 Å². The predicted molar refractivity (Wildman–Crippen MR) is 57.3 cm³/mol. The van der Waals surface area contributed by atoms with Crippen LogP contribution in [0.15, 0.2) is 0 Å². The van der Waals surface area contributed by atoms with Crippen LogP contribution in [-0.4, -0.2) is 67.4 Å². The summed E-state index contributed by atoms with van der Waals surface area (Å²) in [5, 5.41) is 0. The zero-order valence-electron chi connectivity index (χ0n) is 10.4. The first-order valence-electron chi connectivity index (χ1n) is 5.05. The molecule has 0 aromatic heterocycles. The van der Waals surface area contributed by atoms with Crippen molar-refractivity contribution in [2.45, 2.75) is 12.6 Å². The molecule has 0 bridgehead atoms. The molecule has 0 aliphatic carbocycles. The maximum Gasteiger partial charge on any atom is 0.180 e. The van der Waals surface area contributed by atoms with Crippen LogP contribution in [0, 0.1) is 0 Å². The van der Waals surface area contributed by atoms with E-state index >= 15 is 0 Å². The highest BCUT2D eigenvalue weighted by Gasteiger charge is 2.06. The van der Waals surface area contributed by atoms with Crippen LogP contribution in [0.5, 0.6) is 0 Å². The lowest BCUT2D eigenvalue weighted by atomic mass is 10.6. The van der Waals surface area contributed by atoms with Gasteiger partial charge in [0.1, 0.15) is 0 Å². The van der Waals surface area contributed by atoms with Crippen molar-refractivity contribution in [1.29, 1.82) is 0 Å². The Hall–Kier alpha value is -0.240. The Bertz CT molecular complexity index is 119. The summed E-state index contributed by atoms with van der Waals surface area (Å²) >= 11 is 0. The molecule has 0 aromatic carbocycles. The zero-order chi connectivity index (χ0) is 12.2. The minimum atomic E-state index is -0.328. The minimum Gasteiger partial charge on any atom is -0.374 e. The lowest BCUT2D eigenvalue weighted by Crippen LogP contribution is -2.23. The highest BCUT2D eigenvalue weighted by Crippen LogP contribution is 1.94. The van der Waals surface area contributed by atoms with Crippen molar-refractivity contribution >= 4 is 0 Å². The number of methoxy groups -OCH3 is 4. The highest BCUT2D eigenvalue weighted by atomic mass is 16.7. The molecule has 0 fully saturated rings. The standard InChI is InChI=1S/C10H22O6/c1-11-9(12-2)7-15-5-6-16-8-10(13-3)14-4/h9-10H,5-8H2,1-4H3. The van der Waals surface area contributed by atoms with Gasteiger partial charge in [0.25, 0.3) is 0 Å². The van der Waals surface area contributed by atoms with E-state index in [2.05, 4.69) is 0 Å². The summed E-state index contributed by atoms with van der Waals surface area (Å²) < 4.78 is 30.3. The normalized spacial score (nSPS) is 11.6. The molecule has 0 aliphatic heterocycles. The first-order chi connectivity index (χ1) is 7.78. The molecule has 0 N–H and O–H groups in total. The van der Waals surface area contributed by atoms with Crippen LogP contribution in [0.25, 0.3) is 0 Å². The van der Waals surface area contributed by atoms with Gasteiger partial charge >= 0.3 is 0 Å². The number of ether oxygens (including phenoxy) is 6. The molecule has 16 heavy (non-hydrogen) atoms. The van der Waals surface area contributed by atoms with E-state index in [-0.39, 0.29) is 12.6 Å². The number of hydrogen-bond donors (Lipinski definition) is 0. The minimum absolute atomic E-state index is 0.328. The fourth-order valence-corrected chi connectivity index (χ4v) is 0.942. The van der Waals surface area contributed by atoms with Crippen molar-refractivity contribution in [2.75, 3.05) is 54.9 Å². The van der Waals surface area contributed by atoms with Crippen molar-refractivity contribution < 1.29 is 28.4 Å². The van der Waals surface area contributed by atoms with E-state index in [1.54, 1.807) is 28.4 Å². The molecule has 0 rings (SSSR count). The molecule has 0 amide bonds. The van der Waals surface area contributed by atoms with Crippen LogP contribution >= 0.6 is 0 Å². The molecule has 98 valence electrons. The van der Waals surface area contributed by atoms with E-state index < -0.39 is 0 Å². The van der Waals surface area contributed by atoms with Crippen LogP contribution in [0.4, 0.5) is 0 Å². The average Bonchev–Trinajstić information content (AvgIpc) is 2.33. The van der Waals surface area contributed by atoms with Crippen molar-refractivity contribution in [3.8, 4) is 0 Å². The molecular weight excluding hydrogens is 216 g/mol. The van der Waals surface area contributed by atoms with Gasteiger partial charge in [0.15, 0.2) is 12.6 Å². The van der Waals surface area contributed by atoms with Gasteiger partial charge in [-0.15, -0.1) is 0 Å². The van der Waals surface area contributed by atoms with Gasteiger partial charge in [-0.25, -0.2) is 0 Å². The monoisotopic (exact) mass is 238 g/mol. The quantitative estimate of drug-likeness (QED) is 0.380. The molecule has 0 spiro atoms. The maximum absolute atomic E-state index is 5.27. The van der Waals surface area contributed by atoms with Crippen molar-refractivity contribution in [3.05, 3.63) is 0 Å². The van der Waals surface area contributed by atoms with Crippen LogP contribution in [0.1, 0.15) is 0 Å². The van der Waals surface area contributed by atoms with E-state index in [0.29, 0.717) is 26.4 Å². The van der Waals surface area contributed by atoms with E-state index in [1.807, 2.05) is 0 Å². The summed E-state index contributed by atoms with van der Waals surface area (Å²) in [5.41, 5.74) is 0. The molecule has 6 nitrogen and oxygen atoms in total. The Kier molecular flexibility index (Phi) is 11.1. The van der Waals surface area contributed by atoms with E-state index in [9.17, 15) is 0 Å². The van der Waals surface area contributed by atoms with Crippen molar-refractivity contribution in [2.24, 2.45) is 0 Å². The molecule has 0 heterocycles. The van der Waals surface area contributed by atoms with Crippen LogP contribution in [-0.2, 0) is 28.4 Å². The summed E-state index contributed by atoms with van der Waals surface area (Å²) in [6.45, 7) is 1.72. The molecule has 0 unspecified atom stereocenters. The molecular formula is C10H22O6. The number of hydrogen-bond acceptors (Lipinski definition) is 6. The Morgan fingerprint density at radius 2 is 0.938 bits per heavy atom. The van der Waals surface area contributed by atoms with Gasteiger partial charge in [-0.2, -0.15) is 0 Å². The average molecular weight is 238 g/mol. The fraction of sp³-hybridized carbons (Fsp3) is 1.00. The summed E-state index contributed by atoms with van der Waals surface area (Å²) in [5.74, 6) is 0. The molecule has 0 aliphatic rings. The first-order valence-corrected chi connectivity index (χ1v) is 5.05. The topological polar surface area (TPSA) is 55.4 Å². The third-order valence-corrected chi connectivity index (χ3v) is 1.93. The second kappa shape index (κ2) is 11.3. The molecule has 0 saturated carbocycles. The summed E-state index contributed by atoms with van der Waals surface area (Å²) in [6, 6.07) is 0. The molecule has 0 atom stereocenters. The number of rotatable bonds is 11. The lowest BCUT2D eigenvalue weighted by molar-refractivity contribution is -0.156. The summed E-state index contributed by atoms with van der Waals surface area (Å²) in [7, 11) is 6.26. The Balaban J connectivity index is 3.26. The highest BCUT2D eigenvalue weighted by molar-refractivity contribution is 4.41. The smallest absolute Gasteiger partial charge is 0.180 e. The van der Waals surface area contributed by atoms with Crippen LogP contribution < -0.4 is 0 Å². The van der Waals surface area contributed by atoms with E-state index in [1.165, 1.54) is 0 Å². The zero-order valence-corrected chi connectivity index (χ0v) is 10.4. The van der Waals surface area contributed by atoms with Gasteiger partial charge < -0.3 is 28.4 Å². The summed E-state index contributed by atoms with van der Waals surface area (Å²) in [6.07, 6.45) is -0.656. The van der Waals surface area contributed by atoms with Gasteiger partial charge in [-0.1, -0.05) is 0 Å². The fourth-order valence-electron chi connectivity index (χ4n) is 0.942. The third kappa shape index (κ3) is 7.98. The third-order valence-electron chi connectivity index (χ3n) is 1.93. The largest absolute Gasteiger partial charge is 0.374 e. The predicted octanol–water partition coefficient (Wildman–Crippen LogP) is 0.257. The Morgan fingerprint density at radius 1 is 0.625 bits per heavy atom. The maximum atomic E-state index is 5.27. The SMILES string of the molecule is COC(COCCOCC(OC)OC)OC.